The summed E-state index contributed by atoms with van der Waals surface area (Å²) in [7, 11) is 0. The minimum Gasteiger partial charge on any atom is -0.493 e. The minimum absolute atomic E-state index is 0.0847. The molecule has 0 aliphatic heterocycles. The Morgan fingerprint density at radius 3 is 2.07 bits per heavy atom. The molecule has 0 N–H and O–H groups in total. The van der Waals surface area contributed by atoms with Gasteiger partial charge in [-0.2, -0.15) is 0 Å². The van der Waals surface area contributed by atoms with E-state index in [0.717, 1.165) is 11.3 Å². The molecule has 30 heavy (non-hydrogen) atoms. The number of benzene rings is 2. The molecule has 0 spiro atoms. The minimum atomic E-state index is -0.306. The largest absolute Gasteiger partial charge is 0.493 e. The Bertz CT molecular complexity index is 843. The third-order valence-corrected chi connectivity index (χ3v) is 4.77. The molecule has 0 saturated heterocycles. The molecule has 0 bridgehead atoms. The maximum atomic E-state index is 13.0. The number of aryl methyl sites for hydroxylation is 1. The number of ketones is 1. The highest BCUT2D eigenvalue weighted by atomic mass is 127. The summed E-state index contributed by atoms with van der Waals surface area (Å²) in [6.07, 6.45) is 0.666. The lowest BCUT2D eigenvalue weighted by Crippen LogP contribution is -2.09. The van der Waals surface area contributed by atoms with Gasteiger partial charge in [-0.25, -0.2) is 0 Å². The van der Waals surface area contributed by atoms with E-state index in [1.807, 2.05) is 18.2 Å². The lowest BCUT2D eigenvalue weighted by Gasteiger charge is -2.14. The van der Waals surface area contributed by atoms with Crippen LogP contribution in [0.4, 0.5) is 0 Å². The second-order valence-corrected chi connectivity index (χ2v) is 8.48. The van der Waals surface area contributed by atoms with Crippen molar-refractivity contribution >= 4 is 34.8 Å². The predicted molar refractivity (Wildman–Crippen MR) is 125 cm³/mol. The Kier molecular flexibility index (Phi) is 9.62. The van der Waals surface area contributed by atoms with Crippen molar-refractivity contribution in [2.24, 2.45) is 11.8 Å². The normalized spacial score (nSPS) is 10.9. The Balaban J connectivity index is 2.20. The Hall–Kier alpha value is -2.09. The van der Waals surface area contributed by atoms with Crippen molar-refractivity contribution in [2.45, 2.75) is 40.5 Å². The van der Waals surface area contributed by atoms with Crippen LogP contribution in [0.25, 0.3) is 0 Å². The molecule has 0 atom stereocenters. The SMILES string of the molecule is CC(C)COc1ccc(C(=O)c2ccc(OCC(C)C)c(CCC(=O)OI)c2)cc1. The molecule has 162 valence electrons. The highest BCUT2D eigenvalue weighted by Crippen LogP contribution is 2.25. The smallest absolute Gasteiger partial charge is 0.315 e. The summed E-state index contributed by atoms with van der Waals surface area (Å²) in [6, 6.07) is 12.5. The van der Waals surface area contributed by atoms with Crippen LogP contribution in [0.5, 0.6) is 11.5 Å². The molecule has 2 aromatic rings. The van der Waals surface area contributed by atoms with E-state index in [1.54, 1.807) is 47.3 Å². The fourth-order valence-corrected chi connectivity index (χ4v) is 2.94. The van der Waals surface area contributed by atoms with Gasteiger partial charge in [0.05, 0.1) is 19.6 Å². The van der Waals surface area contributed by atoms with Gasteiger partial charge in [-0.15, -0.1) is 0 Å². The van der Waals surface area contributed by atoms with Crippen LogP contribution < -0.4 is 9.47 Å². The summed E-state index contributed by atoms with van der Waals surface area (Å²) >= 11 is 1.58. The second-order valence-electron chi connectivity index (χ2n) is 8.03. The molecule has 0 heterocycles. The molecule has 0 fully saturated rings. The number of hydrogen-bond donors (Lipinski definition) is 0. The van der Waals surface area contributed by atoms with Crippen LogP contribution in [-0.2, 0) is 14.3 Å². The Morgan fingerprint density at radius 1 is 0.867 bits per heavy atom. The molecule has 2 aromatic carbocycles. The highest BCUT2D eigenvalue weighted by Gasteiger charge is 2.15. The molecule has 0 unspecified atom stereocenters. The van der Waals surface area contributed by atoms with E-state index >= 15 is 0 Å². The van der Waals surface area contributed by atoms with E-state index in [-0.39, 0.29) is 18.2 Å². The predicted octanol–water partition coefficient (Wildman–Crippen LogP) is 5.81. The monoisotopic (exact) mass is 524 g/mol. The standard InChI is InChI=1S/C24H29IO5/c1-16(2)14-28-21-9-5-18(6-10-21)24(27)20-7-11-22(29-15-17(3)4)19(13-20)8-12-23(26)30-25/h5-7,9-11,13,16-17H,8,12,14-15H2,1-4H3. The first-order valence-corrected chi connectivity index (χ1v) is 11.0. The molecule has 0 aliphatic rings. The quantitative estimate of drug-likeness (QED) is 0.274. The van der Waals surface area contributed by atoms with Crippen LogP contribution in [0.3, 0.4) is 0 Å². The zero-order chi connectivity index (χ0) is 22.1. The van der Waals surface area contributed by atoms with Gasteiger partial charge in [0.15, 0.2) is 28.8 Å². The van der Waals surface area contributed by atoms with E-state index in [4.69, 9.17) is 12.5 Å². The van der Waals surface area contributed by atoms with Gasteiger partial charge in [0.1, 0.15) is 11.5 Å². The molecule has 0 amide bonds. The summed E-state index contributed by atoms with van der Waals surface area (Å²) in [4.78, 5) is 24.6. The third kappa shape index (κ3) is 7.63. The molecule has 5 nitrogen and oxygen atoms in total. The molecule has 0 aromatic heterocycles. The number of halogens is 1. The van der Waals surface area contributed by atoms with Crippen molar-refractivity contribution in [1.29, 1.82) is 0 Å². The fourth-order valence-electron chi connectivity index (χ4n) is 2.72. The van der Waals surface area contributed by atoms with Gasteiger partial charge in [0, 0.05) is 11.1 Å². The van der Waals surface area contributed by atoms with Gasteiger partial charge >= 0.3 is 5.97 Å². The van der Waals surface area contributed by atoms with E-state index in [0.29, 0.717) is 48.3 Å². The first-order valence-electron chi connectivity index (χ1n) is 10.1. The summed E-state index contributed by atoms with van der Waals surface area (Å²) in [5.74, 6) is 1.85. The Morgan fingerprint density at radius 2 is 1.47 bits per heavy atom. The van der Waals surface area contributed by atoms with Crippen LogP contribution >= 0.6 is 23.0 Å². The van der Waals surface area contributed by atoms with Crippen molar-refractivity contribution in [1.82, 2.24) is 0 Å². The second kappa shape index (κ2) is 11.9. The van der Waals surface area contributed by atoms with Gasteiger partial charge < -0.3 is 12.5 Å². The molecule has 6 heteroatoms. The third-order valence-electron chi connectivity index (χ3n) is 4.28. The van der Waals surface area contributed by atoms with Crippen LogP contribution in [0.1, 0.15) is 55.6 Å². The summed E-state index contributed by atoms with van der Waals surface area (Å²) < 4.78 is 16.3. The molecular formula is C24H29IO5. The van der Waals surface area contributed by atoms with E-state index < -0.39 is 0 Å². The maximum absolute atomic E-state index is 13.0. The van der Waals surface area contributed by atoms with Gasteiger partial charge in [-0.3, -0.25) is 9.59 Å². The highest BCUT2D eigenvalue weighted by molar-refractivity contribution is 14.1. The molecule has 0 radical (unpaired) electrons. The Labute approximate surface area is 192 Å². The van der Waals surface area contributed by atoms with Crippen molar-refractivity contribution in [3.63, 3.8) is 0 Å². The van der Waals surface area contributed by atoms with Crippen molar-refractivity contribution in [2.75, 3.05) is 13.2 Å². The first kappa shape index (κ1) is 24.2. The lowest BCUT2D eigenvalue weighted by atomic mass is 9.98. The molecular weight excluding hydrogens is 495 g/mol. The number of ether oxygens (including phenoxy) is 2. The molecule has 2 rings (SSSR count). The average Bonchev–Trinajstić information content (AvgIpc) is 2.74. The van der Waals surface area contributed by atoms with E-state index in [9.17, 15) is 9.59 Å². The van der Waals surface area contributed by atoms with Crippen LogP contribution in [0, 0.1) is 11.8 Å². The summed E-state index contributed by atoms with van der Waals surface area (Å²) in [6.45, 7) is 9.51. The average molecular weight is 524 g/mol. The van der Waals surface area contributed by atoms with Crippen molar-refractivity contribution in [3.05, 3.63) is 59.2 Å². The van der Waals surface area contributed by atoms with Gasteiger partial charge in [0.2, 0.25) is 0 Å². The molecule has 0 saturated carbocycles. The zero-order valence-corrected chi connectivity index (χ0v) is 20.1. The zero-order valence-electron chi connectivity index (χ0n) is 17.9. The first-order chi connectivity index (χ1) is 14.3. The van der Waals surface area contributed by atoms with E-state index in [2.05, 4.69) is 27.7 Å². The summed E-state index contributed by atoms with van der Waals surface area (Å²) in [5, 5.41) is 0. The van der Waals surface area contributed by atoms with Gasteiger partial charge in [-0.1, -0.05) is 27.7 Å². The van der Waals surface area contributed by atoms with Crippen molar-refractivity contribution < 1.29 is 22.1 Å². The lowest BCUT2D eigenvalue weighted by molar-refractivity contribution is -0.131. The number of hydrogen-bond acceptors (Lipinski definition) is 5. The number of carbonyl (C=O) groups excluding carboxylic acids is 2. The molecule has 0 aliphatic carbocycles. The topological polar surface area (TPSA) is 61.8 Å². The van der Waals surface area contributed by atoms with Crippen LogP contribution in [0.2, 0.25) is 0 Å². The fraction of sp³-hybridized carbons (Fsp3) is 0.417. The van der Waals surface area contributed by atoms with Crippen molar-refractivity contribution in [3.8, 4) is 11.5 Å². The maximum Gasteiger partial charge on any atom is 0.315 e. The summed E-state index contributed by atoms with van der Waals surface area (Å²) in [5.41, 5.74) is 1.96. The number of carbonyl (C=O) groups is 2. The van der Waals surface area contributed by atoms with E-state index in [1.165, 1.54) is 0 Å². The van der Waals surface area contributed by atoms with Gasteiger partial charge in [0.25, 0.3) is 0 Å². The van der Waals surface area contributed by atoms with Crippen LogP contribution in [0.15, 0.2) is 42.5 Å². The van der Waals surface area contributed by atoms with Crippen LogP contribution in [-0.4, -0.2) is 25.0 Å². The number of rotatable bonds is 11. The van der Waals surface area contributed by atoms with Gasteiger partial charge in [-0.05, 0) is 66.3 Å².